The highest BCUT2D eigenvalue weighted by Crippen LogP contribution is 2.41. The summed E-state index contributed by atoms with van der Waals surface area (Å²) in [7, 11) is -1.24. The van der Waals surface area contributed by atoms with Gasteiger partial charge in [0.15, 0.2) is 11.6 Å². The van der Waals surface area contributed by atoms with Crippen molar-refractivity contribution in [3.63, 3.8) is 0 Å². The topological polar surface area (TPSA) is 100 Å². The predicted molar refractivity (Wildman–Crippen MR) is 163 cm³/mol. The average molecular weight is 609 g/mol. The summed E-state index contributed by atoms with van der Waals surface area (Å²) in [6.07, 6.45) is 6.59. The second kappa shape index (κ2) is 10.7. The standard InChI is InChI=1S/C30H34ClFN6O3Si/c1-18-35-22-7-9-25(27(32)29(22)37(18)17-40-10-11-42(3,4)5)41-24-8-6-21-28(26(24)31)36-23(15-33-21)19-14-34-38(16-19)20-12-30(2,39)13-20/h6-9,14-16,20,39H,10-13,17H2,1-5H3. The molecule has 1 fully saturated rings. The van der Waals surface area contributed by atoms with Crippen LogP contribution in [0.5, 0.6) is 11.5 Å². The van der Waals surface area contributed by atoms with Gasteiger partial charge in [-0.05, 0) is 57.0 Å². The molecule has 0 saturated heterocycles. The molecule has 0 radical (unpaired) electrons. The van der Waals surface area contributed by atoms with E-state index in [0.29, 0.717) is 53.0 Å². The third kappa shape index (κ3) is 5.66. The van der Waals surface area contributed by atoms with E-state index in [1.165, 1.54) is 0 Å². The molecule has 12 heteroatoms. The van der Waals surface area contributed by atoms with Crippen LogP contribution >= 0.6 is 11.6 Å². The van der Waals surface area contributed by atoms with Crippen molar-refractivity contribution in [2.24, 2.45) is 0 Å². The first kappa shape index (κ1) is 28.7. The van der Waals surface area contributed by atoms with Gasteiger partial charge in [-0.3, -0.25) is 9.67 Å². The lowest BCUT2D eigenvalue weighted by molar-refractivity contribution is -0.0543. The molecule has 0 amide bonds. The quantitative estimate of drug-likeness (QED) is 0.140. The number of ether oxygens (including phenoxy) is 2. The molecule has 1 aliphatic carbocycles. The van der Waals surface area contributed by atoms with Gasteiger partial charge in [0.1, 0.15) is 34.4 Å². The first-order valence-corrected chi connectivity index (χ1v) is 18.1. The van der Waals surface area contributed by atoms with Gasteiger partial charge in [0.05, 0.1) is 40.8 Å². The third-order valence-electron chi connectivity index (χ3n) is 7.68. The van der Waals surface area contributed by atoms with Gasteiger partial charge in [-0.25, -0.2) is 14.4 Å². The van der Waals surface area contributed by atoms with Crippen LogP contribution in [0, 0.1) is 12.7 Å². The van der Waals surface area contributed by atoms with Gasteiger partial charge in [0.25, 0.3) is 0 Å². The molecule has 1 saturated carbocycles. The van der Waals surface area contributed by atoms with Crippen molar-refractivity contribution < 1.29 is 19.0 Å². The lowest BCUT2D eigenvalue weighted by Gasteiger charge is -2.40. The Morgan fingerprint density at radius 2 is 1.83 bits per heavy atom. The molecule has 0 bridgehead atoms. The van der Waals surface area contributed by atoms with Crippen LogP contribution in [-0.4, -0.2) is 54.7 Å². The smallest absolute Gasteiger partial charge is 0.191 e. The van der Waals surface area contributed by atoms with Gasteiger partial charge in [-0.15, -0.1) is 0 Å². The number of fused-ring (bicyclic) bond motifs is 2. The molecule has 6 rings (SSSR count). The van der Waals surface area contributed by atoms with Crippen molar-refractivity contribution in [3.05, 3.63) is 59.5 Å². The normalized spacial score (nSPS) is 19.0. The fourth-order valence-electron chi connectivity index (χ4n) is 5.23. The monoisotopic (exact) mass is 608 g/mol. The first-order chi connectivity index (χ1) is 19.9. The Morgan fingerprint density at radius 1 is 1.10 bits per heavy atom. The summed E-state index contributed by atoms with van der Waals surface area (Å²) < 4.78 is 31.4. The molecule has 0 unspecified atom stereocenters. The summed E-state index contributed by atoms with van der Waals surface area (Å²) in [5.74, 6) is 0.399. The molecular weight excluding hydrogens is 575 g/mol. The number of aliphatic hydroxyl groups is 1. The highest BCUT2D eigenvalue weighted by Gasteiger charge is 2.39. The first-order valence-electron chi connectivity index (χ1n) is 14.0. The fraction of sp³-hybridized carbons (Fsp3) is 0.400. The Balaban J connectivity index is 1.26. The Hall–Kier alpha value is -3.38. The number of aryl methyl sites for hydroxylation is 1. The minimum Gasteiger partial charge on any atom is -0.453 e. The minimum atomic E-state index is -1.24. The Bertz CT molecular complexity index is 1790. The maximum atomic E-state index is 15.9. The van der Waals surface area contributed by atoms with Crippen molar-refractivity contribution >= 4 is 41.7 Å². The Labute approximate surface area is 249 Å². The molecule has 2 aromatic carbocycles. The highest BCUT2D eigenvalue weighted by molar-refractivity contribution is 6.76. The second-order valence-electron chi connectivity index (χ2n) is 12.6. The number of imidazole rings is 1. The van der Waals surface area contributed by atoms with Crippen LogP contribution in [0.2, 0.25) is 30.7 Å². The zero-order chi connectivity index (χ0) is 29.8. The van der Waals surface area contributed by atoms with Crippen molar-refractivity contribution in [1.82, 2.24) is 29.3 Å². The Kier molecular flexibility index (Phi) is 7.33. The molecule has 3 heterocycles. The molecule has 0 aliphatic heterocycles. The van der Waals surface area contributed by atoms with Crippen LogP contribution < -0.4 is 4.74 Å². The molecule has 5 aromatic rings. The lowest BCUT2D eigenvalue weighted by Crippen LogP contribution is -2.42. The number of hydrogen-bond acceptors (Lipinski definition) is 7. The number of benzene rings is 2. The van der Waals surface area contributed by atoms with Crippen LogP contribution in [0.25, 0.3) is 33.3 Å². The van der Waals surface area contributed by atoms with Crippen LogP contribution in [0.4, 0.5) is 4.39 Å². The van der Waals surface area contributed by atoms with Gasteiger partial charge in [0, 0.05) is 26.4 Å². The number of rotatable bonds is 9. The van der Waals surface area contributed by atoms with E-state index >= 15 is 4.39 Å². The third-order valence-corrected chi connectivity index (χ3v) is 9.75. The predicted octanol–water partition coefficient (Wildman–Crippen LogP) is 7.13. The number of hydrogen-bond donors (Lipinski definition) is 1. The van der Waals surface area contributed by atoms with E-state index in [-0.39, 0.29) is 29.3 Å². The average Bonchev–Trinajstić information content (AvgIpc) is 3.52. The van der Waals surface area contributed by atoms with Crippen LogP contribution in [0.1, 0.15) is 31.6 Å². The van der Waals surface area contributed by atoms with Gasteiger partial charge in [0.2, 0.25) is 0 Å². The molecule has 0 spiro atoms. The molecular formula is C30H34ClFN6O3Si. The van der Waals surface area contributed by atoms with E-state index in [0.717, 1.165) is 11.6 Å². The summed E-state index contributed by atoms with van der Waals surface area (Å²) in [6.45, 7) is 11.4. The van der Waals surface area contributed by atoms with Gasteiger partial charge >= 0.3 is 0 Å². The van der Waals surface area contributed by atoms with Gasteiger partial charge < -0.3 is 19.1 Å². The van der Waals surface area contributed by atoms with Crippen LogP contribution in [0.15, 0.2) is 42.9 Å². The maximum absolute atomic E-state index is 15.9. The van der Waals surface area contributed by atoms with Crippen molar-refractivity contribution in [2.75, 3.05) is 6.61 Å². The van der Waals surface area contributed by atoms with E-state index in [4.69, 9.17) is 26.1 Å². The van der Waals surface area contributed by atoms with Crippen molar-refractivity contribution in [1.29, 1.82) is 0 Å². The molecule has 3 aromatic heterocycles. The molecule has 42 heavy (non-hydrogen) atoms. The SMILES string of the molecule is Cc1nc2ccc(Oc3ccc4ncc(-c5cnn(C6CC(C)(O)C6)c5)nc4c3Cl)c(F)c2n1COCC[Si](C)(C)C. The van der Waals surface area contributed by atoms with E-state index in [2.05, 4.69) is 34.7 Å². The minimum absolute atomic E-state index is 0.0220. The van der Waals surface area contributed by atoms with Gasteiger partial charge in [-0.2, -0.15) is 5.10 Å². The summed E-state index contributed by atoms with van der Waals surface area (Å²) in [5.41, 5.74) is 2.60. The largest absolute Gasteiger partial charge is 0.453 e. The van der Waals surface area contributed by atoms with E-state index in [1.807, 2.05) is 24.7 Å². The van der Waals surface area contributed by atoms with Crippen LogP contribution in [-0.2, 0) is 11.5 Å². The van der Waals surface area contributed by atoms with E-state index < -0.39 is 19.5 Å². The van der Waals surface area contributed by atoms with E-state index in [1.54, 1.807) is 41.2 Å². The second-order valence-corrected chi connectivity index (χ2v) is 18.6. The summed E-state index contributed by atoms with van der Waals surface area (Å²) in [5, 5.41) is 14.8. The molecule has 0 atom stereocenters. The molecule has 1 aliphatic rings. The summed E-state index contributed by atoms with van der Waals surface area (Å²) in [6, 6.07) is 7.85. The van der Waals surface area contributed by atoms with Crippen molar-refractivity contribution in [3.8, 4) is 22.8 Å². The number of nitrogens with zero attached hydrogens (tertiary/aromatic N) is 6. The van der Waals surface area contributed by atoms with Gasteiger partial charge in [-0.1, -0.05) is 31.2 Å². The zero-order valence-electron chi connectivity index (χ0n) is 24.4. The summed E-state index contributed by atoms with van der Waals surface area (Å²) >= 11 is 6.76. The zero-order valence-corrected chi connectivity index (χ0v) is 26.1. The summed E-state index contributed by atoms with van der Waals surface area (Å²) in [4.78, 5) is 13.8. The van der Waals surface area contributed by atoms with Crippen molar-refractivity contribution in [2.45, 2.75) is 70.7 Å². The highest BCUT2D eigenvalue weighted by atomic mass is 35.5. The van der Waals surface area contributed by atoms with E-state index in [9.17, 15) is 5.11 Å². The fourth-order valence-corrected chi connectivity index (χ4v) is 6.22. The molecule has 1 N–H and O–H groups in total. The molecule has 220 valence electrons. The van der Waals surface area contributed by atoms with Crippen LogP contribution in [0.3, 0.4) is 0 Å². The Morgan fingerprint density at radius 3 is 2.57 bits per heavy atom. The maximum Gasteiger partial charge on any atom is 0.191 e. The lowest BCUT2D eigenvalue weighted by atomic mass is 9.77. The number of aromatic nitrogens is 6. The number of halogens is 2. The molecule has 9 nitrogen and oxygen atoms in total.